The predicted molar refractivity (Wildman–Crippen MR) is 135 cm³/mol. The van der Waals surface area contributed by atoms with Gasteiger partial charge >= 0.3 is 0 Å². The molecule has 0 aromatic heterocycles. The molecule has 3 aromatic rings. The van der Waals surface area contributed by atoms with Crippen molar-refractivity contribution in [1.82, 2.24) is 0 Å². The summed E-state index contributed by atoms with van der Waals surface area (Å²) in [5.41, 5.74) is 6.21. The van der Waals surface area contributed by atoms with E-state index >= 15 is 0 Å². The van der Waals surface area contributed by atoms with E-state index in [1.807, 2.05) is 73.8 Å². The molecule has 0 aliphatic heterocycles. The van der Waals surface area contributed by atoms with E-state index < -0.39 is 6.17 Å². The Morgan fingerprint density at radius 3 is 2.25 bits per heavy atom. The van der Waals surface area contributed by atoms with Crippen molar-refractivity contribution >= 4 is 11.9 Å². The van der Waals surface area contributed by atoms with E-state index in [-0.39, 0.29) is 0 Å². The minimum Gasteiger partial charge on any atom is -0.247 e. The lowest BCUT2D eigenvalue weighted by Gasteiger charge is -2.09. The van der Waals surface area contributed by atoms with Gasteiger partial charge in [-0.25, -0.2) is 4.39 Å². The third-order valence-corrected chi connectivity index (χ3v) is 5.54. The molecule has 0 amide bonds. The zero-order chi connectivity index (χ0) is 22.6. The number of alkyl halides is 1. The molecular formula is C29H33FN2. The van der Waals surface area contributed by atoms with Crippen LogP contribution in [0.3, 0.4) is 0 Å². The number of rotatable bonds is 11. The highest BCUT2D eigenvalue weighted by atomic mass is 19.1. The van der Waals surface area contributed by atoms with Crippen molar-refractivity contribution in [3.05, 3.63) is 107 Å². The van der Waals surface area contributed by atoms with Crippen LogP contribution in [0, 0.1) is 0 Å². The van der Waals surface area contributed by atoms with Gasteiger partial charge in [0.15, 0.2) is 0 Å². The topological polar surface area (TPSA) is 24.7 Å². The third kappa shape index (κ3) is 6.98. The number of hydrogen-bond acceptors (Lipinski definition) is 2. The van der Waals surface area contributed by atoms with Crippen LogP contribution in [0.4, 0.5) is 4.39 Å². The van der Waals surface area contributed by atoms with Gasteiger partial charge in [-0.05, 0) is 36.0 Å². The molecule has 0 radical (unpaired) electrons. The molecule has 0 saturated carbocycles. The highest BCUT2D eigenvalue weighted by molar-refractivity contribution is 6.13. The maximum atomic E-state index is 14.0. The van der Waals surface area contributed by atoms with E-state index in [2.05, 4.69) is 35.3 Å². The Bertz CT molecular complexity index is 1010. The van der Waals surface area contributed by atoms with Crippen LogP contribution >= 0.6 is 0 Å². The summed E-state index contributed by atoms with van der Waals surface area (Å²) in [5, 5.41) is 9.07. The van der Waals surface area contributed by atoms with Gasteiger partial charge in [-0.15, -0.1) is 5.10 Å². The molecular weight excluding hydrogens is 395 g/mol. The average molecular weight is 429 g/mol. The van der Waals surface area contributed by atoms with E-state index in [1.54, 1.807) is 0 Å². The fraction of sp³-hybridized carbons (Fsp3) is 0.310. The zero-order valence-electron chi connectivity index (χ0n) is 19.2. The summed E-state index contributed by atoms with van der Waals surface area (Å²) in [6.45, 7) is 4.22. The first-order valence-electron chi connectivity index (χ1n) is 11.7. The highest BCUT2D eigenvalue weighted by Gasteiger charge is 2.10. The van der Waals surface area contributed by atoms with Crippen LogP contribution in [0.15, 0.2) is 89.1 Å². The molecule has 0 aliphatic carbocycles. The third-order valence-electron chi connectivity index (χ3n) is 5.54. The minimum absolute atomic E-state index is 0.457. The summed E-state index contributed by atoms with van der Waals surface area (Å²) in [6.07, 6.45) is 6.36. The van der Waals surface area contributed by atoms with E-state index in [4.69, 9.17) is 0 Å². The molecule has 0 heterocycles. The van der Waals surface area contributed by atoms with E-state index in [9.17, 15) is 4.39 Å². The molecule has 0 fully saturated rings. The van der Waals surface area contributed by atoms with Crippen LogP contribution in [0.2, 0.25) is 0 Å². The summed E-state index contributed by atoms with van der Waals surface area (Å²) in [5.74, 6) is 0. The smallest absolute Gasteiger partial charge is 0.104 e. The lowest BCUT2D eigenvalue weighted by molar-refractivity contribution is 0.310. The summed E-state index contributed by atoms with van der Waals surface area (Å²) < 4.78 is 14.0. The van der Waals surface area contributed by atoms with Crippen molar-refractivity contribution in [3.8, 4) is 0 Å². The fourth-order valence-corrected chi connectivity index (χ4v) is 3.75. The molecule has 1 unspecified atom stereocenters. The van der Waals surface area contributed by atoms with E-state index in [0.29, 0.717) is 12.8 Å². The summed E-state index contributed by atoms with van der Waals surface area (Å²) in [4.78, 5) is 0. The lowest BCUT2D eigenvalue weighted by Crippen LogP contribution is -2.06. The molecule has 1 atom stereocenters. The van der Waals surface area contributed by atoms with Crippen molar-refractivity contribution in [2.24, 2.45) is 10.2 Å². The van der Waals surface area contributed by atoms with Gasteiger partial charge in [-0.2, -0.15) is 5.10 Å². The first-order chi connectivity index (χ1) is 15.7. The Hall–Kier alpha value is -3.07. The van der Waals surface area contributed by atoms with Crippen molar-refractivity contribution in [3.63, 3.8) is 0 Å². The molecule has 0 saturated heterocycles. The number of halogens is 1. The number of hydrogen-bond donors (Lipinski definition) is 0. The second-order valence-corrected chi connectivity index (χ2v) is 8.15. The molecule has 3 rings (SSSR count). The molecule has 2 nitrogen and oxygen atoms in total. The molecule has 3 aromatic carbocycles. The van der Waals surface area contributed by atoms with Gasteiger partial charge in [0.25, 0.3) is 0 Å². The standard InChI is InChI=1S/C29H33FN2/c1-3-5-12-24-13-9-10-16-27(24)22-31-32-29(25-14-7-6-8-15-25)26-19-17-23(18-20-26)21-28(30)11-4-2/h6-10,13-20,22,28H,3-5,11-12,21H2,1-2H3. The van der Waals surface area contributed by atoms with Crippen molar-refractivity contribution < 1.29 is 4.39 Å². The van der Waals surface area contributed by atoms with E-state index in [0.717, 1.165) is 47.2 Å². The molecule has 3 heteroatoms. The predicted octanol–water partition coefficient (Wildman–Crippen LogP) is 7.58. The Labute approximate surface area is 191 Å². The van der Waals surface area contributed by atoms with E-state index in [1.165, 1.54) is 12.0 Å². The van der Waals surface area contributed by atoms with Gasteiger partial charge in [0, 0.05) is 17.5 Å². The van der Waals surface area contributed by atoms with Crippen LogP contribution in [-0.4, -0.2) is 18.1 Å². The Balaban J connectivity index is 1.86. The van der Waals surface area contributed by atoms with Gasteiger partial charge < -0.3 is 0 Å². The van der Waals surface area contributed by atoms with Gasteiger partial charge in [-0.3, -0.25) is 0 Å². The molecule has 32 heavy (non-hydrogen) atoms. The van der Waals surface area contributed by atoms with Gasteiger partial charge in [0.2, 0.25) is 0 Å². The molecule has 0 spiro atoms. The second kappa shape index (κ2) is 12.7. The van der Waals surface area contributed by atoms with Crippen LogP contribution in [0.1, 0.15) is 67.3 Å². The SMILES string of the molecule is CCCCc1ccccc1C=NN=C(c1ccccc1)c1ccc(CC(F)CCC)cc1. The van der Waals surface area contributed by atoms with Gasteiger partial charge in [0.05, 0.1) is 6.21 Å². The first kappa shape index (κ1) is 23.6. The molecule has 166 valence electrons. The second-order valence-electron chi connectivity index (χ2n) is 8.15. The number of unbranched alkanes of at least 4 members (excludes halogenated alkanes) is 1. The zero-order valence-corrected chi connectivity index (χ0v) is 19.2. The quantitative estimate of drug-likeness (QED) is 0.222. The Morgan fingerprint density at radius 2 is 1.53 bits per heavy atom. The normalized spacial score (nSPS) is 12.9. The molecule has 0 bridgehead atoms. The van der Waals surface area contributed by atoms with Gasteiger partial charge in [-0.1, -0.05) is 106 Å². The monoisotopic (exact) mass is 428 g/mol. The van der Waals surface area contributed by atoms with Gasteiger partial charge in [0.1, 0.15) is 11.9 Å². The van der Waals surface area contributed by atoms with Crippen LogP contribution in [0.25, 0.3) is 0 Å². The van der Waals surface area contributed by atoms with Crippen LogP contribution in [0.5, 0.6) is 0 Å². The molecule has 0 N–H and O–H groups in total. The first-order valence-corrected chi connectivity index (χ1v) is 11.7. The van der Waals surface area contributed by atoms with Crippen LogP contribution in [-0.2, 0) is 12.8 Å². The van der Waals surface area contributed by atoms with Crippen molar-refractivity contribution in [2.75, 3.05) is 0 Å². The Kier molecular flexibility index (Phi) is 9.37. The summed E-state index contributed by atoms with van der Waals surface area (Å²) in [7, 11) is 0. The maximum absolute atomic E-state index is 14.0. The summed E-state index contributed by atoms with van der Waals surface area (Å²) in [6, 6.07) is 26.5. The van der Waals surface area contributed by atoms with Crippen molar-refractivity contribution in [2.45, 2.75) is 58.5 Å². The fourth-order valence-electron chi connectivity index (χ4n) is 3.75. The molecule has 0 aliphatic rings. The summed E-state index contributed by atoms with van der Waals surface area (Å²) >= 11 is 0. The minimum atomic E-state index is -0.787. The Morgan fingerprint density at radius 1 is 0.844 bits per heavy atom. The number of benzene rings is 3. The lowest BCUT2D eigenvalue weighted by atomic mass is 9.99. The number of nitrogens with zero attached hydrogens (tertiary/aromatic N) is 2. The average Bonchev–Trinajstić information content (AvgIpc) is 2.82. The van der Waals surface area contributed by atoms with Crippen molar-refractivity contribution in [1.29, 1.82) is 0 Å². The largest absolute Gasteiger partial charge is 0.247 e. The maximum Gasteiger partial charge on any atom is 0.104 e. The number of aryl methyl sites for hydroxylation is 1. The highest BCUT2D eigenvalue weighted by Crippen LogP contribution is 2.16. The van der Waals surface area contributed by atoms with Crippen LogP contribution < -0.4 is 0 Å².